The van der Waals surface area contributed by atoms with E-state index in [9.17, 15) is 4.79 Å². The number of rotatable bonds is 5. The molecule has 0 unspecified atom stereocenters. The van der Waals surface area contributed by atoms with Gasteiger partial charge in [-0.2, -0.15) is 11.8 Å². The minimum atomic E-state index is -0.329. The van der Waals surface area contributed by atoms with Crippen molar-refractivity contribution in [2.24, 2.45) is 5.73 Å². The summed E-state index contributed by atoms with van der Waals surface area (Å²) in [5, 5.41) is 2.97. The molecule has 1 atom stereocenters. The zero-order valence-corrected chi connectivity index (χ0v) is 9.12. The molecule has 3 N–H and O–H groups in total. The number of hydrogen-bond donors (Lipinski definition) is 2. The van der Waals surface area contributed by atoms with Crippen LogP contribution >= 0.6 is 11.8 Å². The molecule has 0 bridgehead atoms. The maximum Gasteiger partial charge on any atom is 0.237 e. The van der Waals surface area contributed by atoms with Crippen molar-refractivity contribution in [3.63, 3.8) is 0 Å². The Labute approximate surface area is 83.8 Å². The van der Waals surface area contributed by atoms with E-state index in [-0.39, 0.29) is 17.5 Å². The highest BCUT2D eigenvalue weighted by Crippen LogP contribution is 2.34. The molecule has 1 aliphatic rings. The van der Waals surface area contributed by atoms with E-state index in [0.29, 0.717) is 0 Å². The minimum Gasteiger partial charge on any atom is -0.350 e. The van der Waals surface area contributed by atoms with Gasteiger partial charge in [0, 0.05) is 5.54 Å². The van der Waals surface area contributed by atoms with Gasteiger partial charge in [-0.05, 0) is 38.2 Å². The van der Waals surface area contributed by atoms with Crippen LogP contribution < -0.4 is 11.1 Å². The molecule has 0 heterocycles. The summed E-state index contributed by atoms with van der Waals surface area (Å²) >= 11 is 1.72. The third-order valence-corrected chi connectivity index (χ3v) is 3.04. The Bertz CT molecular complexity index is 192. The van der Waals surface area contributed by atoms with Crippen molar-refractivity contribution in [3.8, 4) is 0 Å². The predicted octanol–water partition coefficient (Wildman–Crippen LogP) is 0.735. The second-order valence-electron chi connectivity index (χ2n) is 3.94. The summed E-state index contributed by atoms with van der Waals surface area (Å²) in [6, 6.07) is -0.329. The van der Waals surface area contributed by atoms with Crippen molar-refractivity contribution in [1.82, 2.24) is 5.32 Å². The molecule has 0 aromatic rings. The van der Waals surface area contributed by atoms with Crippen molar-refractivity contribution in [3.05, 3.63) is 0 Å². The minimum absolute atomic E-state index is 0.00838. The molecule has 0 saturated heterocycles. The molecule has 3 nitrogen and oxygen atoms in total. The van der Waals surface area contributed by atoms with Crippen LogP contribution in [-0.2, 0) is 4.79 Å². The van der Waals surface area contributed by atoms with E-state index in [1.165, 1.54) is 0 Å². The molecule has 1 saturated carbocycles. The van der Waals surface area contributed by atoms with Crippen LogP contribution in [0.1, 0.15) is 26.2 Å². The molecule has 0 radical (unpaired) electrons. The normalized spacial score (nSPS) is 20.8. The Kier molecular flexibility index (Phi) is 3.62. The summed E-state index contributed by atoms with van der Waals surface area (Å²) in [4.78, 5) is 11.5. The molecule has 13 heavy (non-hydrogen) atoms. The summed E-state index contributed by atoms with van der Waals surface area (Å²) in [5.74, 6) is 0.958. The van der Waals surface area contributed by atoms with Crippen LogP contribution in [0.3, 0.4) is 0 Å². The fourth-order valence-corrected chi connectivity index (χ4v) is 1.57. The van der Waals surface area contributed by atoms with Gasteiger partial charge < -0.3 is 11.1 Å². The maximum atomic E-state index is 11.5. The number of amides is 1. The molecule has 1 aliphatic carbocycles. The summed E-state index contributed by atoms with van der Waals surface area (Å²) < 4.78 is 0. The molecule has 4 heteroatoms. The predicted molar refractivity (Wildman–Crippen MR) is 56.8 cm³/mol. The highest BCUT2D eigenvalue weighted by atomic mass is 32.2. The van der Waals surface area contributed by atoms with E-state index in [2.05, 4.69) is 12.2 Å². The average Bonchev–Trinajstić information content (AvgIpc) is 2.79. The van der Waals surface area contributed by atoms with Gasteiger partial charge in [0.05, 0.1) is 6.04 Å². The Morgan fingerprint density at radius 3 is 2.77 bits per heavy atom. The molecule has 0 aliphatic heterocycles. The molecule has 0 aromatic heterocycles. The van der Waals surface area contributed by atoms with E-state index in [1.54, 1.807) is 11.8 Å². The van der Waals surface area contributed by atoms with Crippen LogP contribution in [0.5, 0.6) is 0 Å². The monoisotopic (exact) mass is 202 g/mol. The van der Waals surface area contributed by atoms with Gasteiger partial charge in [-0.1, -0.05) is 0 Å². The fraction of sp³-hybridized carbons (Fsp3) is 0.889. The van der Waals surface area contributed by atoms with Crippen LogP contribution in [0.4, 0.5) is 0 Å². The lowest BCUT2D eigenvalue weighted by atomic mass is 10.2. The van der Waals surface area contributed by atoms with E-state index >= 15 is 0 Å². The molecule has 1 amide bonds. The third-order valence-electron chi connectivity index (χ3n) is 2.39. The number of nitrogens with two attached hydrogens (primary N) is 1. The lowest BCUT2D eigenvalue weighted by molar-refractivity contribution is -0.123. The van der Waals surface area contributed by atoms with Crippen LogP contribution in [0.2, 0.25) is 0 Å². The van der Waals surface area contributed by atoms with Crippen molar-refractivity contribution in [2.45, 2.75) is 37.8 Å². The first-order valence-electron chi connectivity index (χ1n) is 4.64. The zero-order valence-electron chi connectivity index (χ0n) is 8.30. The molecular formula is C9H18N2OS. The smallest absolute Gasteiger partial charge is 0.237 e. The van der Waals surface area contributed by atoms with Gasteiger partial charge in [-0.15, -0.1) is 0 Å². The van der Waals surface area contributed by atoms with Gasteiger partial charge in [0.15, 0.2) is 0 Å². The van der Waals surface area contributed by atoms with E-state index in [1.807, 2.05) is 6.26 Å². The van der Waals surface area contributed by atoms with E-state index in [4.69, 9.17) is 5.73 Å². The van der Waals surface area contributed by atoms with Gasteiger partial charge >= 0.3 is 0 Å². The van der Waals surface area contributed by atoms with Gasteiger partial charge in [-0.25, -0.2) is 0 Å². The molecule has 0 spiro atoms. The van der Waals surface area contributed by atoms with Crippen LogP contribution in [0, 0.1) is 0 Å². The first-order chi connectivity index (χ1) is 6.07. The Morgan fingerprint density at radius 1 is 1.69 bits per heavy atom. The lowest BCUT2D eigenvalue weighted by Gasteiger charge is -2.15. The highest BCUT2D eigenvalue weighted by Gasteiger charge is 2.39. The Balaban J connectivity index is 2.21. The number of hydrogen-bond acceptors (Lipinski definition) is 3. The Morgan fingerprint density at radius 2 is 2.31 bits per heavy atom. The second-order valence-corrected chi connectivity index (χ2v) is 4.92. The largest absolute Gasteiger partial charge is 0.350 e. The van der Waals surface area contributed by atoms with Gasteiger partial charge in [0.25, 0.3) is 0 Å². The summed E-state index contributed by atoms with van der Waals surface area (Å²) in [6.07, 6.45) is 4.97. The molecule has 1 fully saturated rings. The first kappa shape index (κ1) is 10.9. The van der Waals surface area contributed by atoms with E-state index in [0.717, 1.165) is 25.0 Å². The van der Waals surface area contributed by atoms with Crippen LogP contribution in [0.15, 0.2) is 0 Å². The zero-order chi connectivity index (χ0) is 9.90. The standard InChI is InChI=1S/C9H18N2OS/c1-9(4-5-9)11-8(12)7(10)3-6-13-2/h7H,3-6,10H2,1-2H3,(H,11,12)/t7-/m1/s1. The summed E-state index contributed by atoms with van der Waals surface area (Å²) in [5.41, 5.74) is 5.78. The highest BCUT2D eigenvalue weighted by molar-refractivity contribution is 7.98. The quantitative estimate of drug-likeness (QED) is 0.691. The lowest BCUT2D eigenvalue weighted by Crippen LogP contribution is -2.45. The molecule has 1 rings (SSSR count). The number of carbonyl (C=O) groups is 1. The fourth-order valence-electron chi connectivity index (χ4n) is 1.08. The van der Waals surface area contributed by atoms with Crippen molar-refractivity contribution in [1.29, 1.82) is 0 Å². The van der Waals surface area contributed by atoms with Gasteiger partial charge in [0.1, 0.15) is 0 Å². The molecular weight excluding hydrogens is 184 g/mol. The van der Waals surface area contributed by atoms with Gasteiger partial charge in [-0.3, -0.25) is 4.79 Å². The number of thioether (sulfide) groups is 1. The van der Waals surface area contributed by atoms with Crippen molar-refractivity contribution in [2.75, 3.05) is 12.0 Å². The summed E-state index contributed by atoms with van der Waals surface area (Å²) in [6.45, 7) is 2.06. The third kappa shape index (κ3) is 3.56. The summed E-state index contributed by atoms with van der Waals surface area (Å²) in [7, 11) is 0. The average molecular weight is 202 g/mol. The number of nitrogens with one attached hydrogen (secondary N) is 1. The molecule has 76 valence electrons. The maximum absolute atomic E-state index is 11.5. The SMILES string of the molecule is CSCC[C@@H](N)C(=O)NC1(C)CC1. The van der Waals surface area contributed by atoms with E-state index < -0.39 is 0 Å². The Hall–Kier alpha value is -0.220. The second kappa shape index (κ2) is 4.33. The molecule has 0 aromatic carbocycles. The van der Waals surface area contributed by atoms with Crippen molar-refractivity contribution < 1.29 is 4.79 Å². The first-order valence-corrected chi connectivity index (χ1v) is 6.03. The number of carbonyl (C=O) groups excluding carboxylic acids is 1. The topological polar surface area (TPSA) is 55.1 Å². The van der Waals surface area contributed by atoms with Gasteiger partial charge in [0.2, 0.25) is 5.91 Å². The van der Waals surface area contributed by atoms with Crippen molar-refractivity contribution >= 4 is 17.7 Å². The van der Waals surface area contributed by atoms with Crippen LogP contribution in [-0.4, -0.2) is 29.5 Å². The van der Waals surface area contributed by atoms with Crippen LogP contribution in [0.25, 0.3) is 0 Å².